The van der Waals surface area contributed by atoms with E-state index in [4.69, 9.17) is 20.2 Å². The molecule has 2 N–H and O–H groups in total. The average molecular weight is 509 g/mol. The molecule has 2 atom stereocenters. The number of rotatable bonds is 8. The van der Waals surface area contributed by atoms with Crippen LogP contribution in [0.3, 0.4) is 0 Å². The summed E-state index contributed by atoms with van der Waals surface area (Å²) in [5, 5.41) is 5.71. The zero-order valence-electron chi connectivity index (χ0n) is 21.3. The molecule has 0 bridgehead atoms. The van der Waals surface area contributed by atoms with Crippen molar-refractivity contribution < 1.29 is 14.3 Å². The second-order valence-electron chi connectivity index (χ2n) is 10.2. The van der Waals surface area contributed by atoms with E-state index in [2.05, 4.69) is 47.6 Å². The minimum absolute atomic E-state index is 0.0116. The molecular weight excluding hydrogens is 476 g/mol. The summed E-state index contributed by atoms with van der Waals surface area (Å²) in [4.78, 5) is 17.2. The molecule has 194 valence electrons. The van der Waals surface area contributed by atoms with E-state index in [0.29, 0.717) is 6.42 Å². The molecule has 38 heavy (non-hydrogen) atoms. The Morgan fingerprint density at radius 2 is 1.76 bits per heavy atom. The van der Waals surface area contributed by atoms with E-state index in [1.54, 1.807) is 0 Å². The van der Waals surface area contributed by atoms with Gasteiger partial charge in [-0.25, -0.2) is 9.48 Å². The summed E-state index contributed by atoms with van der Waals surface area (Å²) in [5.74, 6) is 0. The van der Waals surface area contributed by atoms with Crippen LogP contribution < -0.4 is 5.73 Å². The number of carbonyl (C=O) groups is 1. The Bertz CT molecular complexity index is 1400. The Morgan fingerprint density at radius 3 is 2.37 bits per heavy atom. The van der Waals surface area contributed by atoms with E-state index >= 15 is 0 Å². The first-order valence-corrected chi connectivity index (χ1v) is 13.4. The summed E-state index contributed by atoms with van der Waals surface area (Å²) >= 11 is 0. The van der Waals surface area contributed by atoms with Gasteiger partial charge in [0, 0.05) is 23.1 Å². The highest BCUT2D eigenvalue weighted by Gasteiger charge is 2.53. The number of carbonyl (C=O) groups excluding carboxylic acids is 1. The number of fused-ring (bicyclic) bond motifs is 1. The number of aromatic nitrogens is 2. The standard InChI is InChI=1S/C31H32N4O3/c32-30(36)38-31(16-17-31)27(34-29(23-9-3-1-4-10-23)24-11-5-2-6-12-24)20-22-14-15-26-25(19-22)21-33-35(26)28-13-7-8-18-37-28/h1-6,9-12,14-15,19,21,27-28H,7-8,13,16-18,20H2,(H2,32,36). The molecule has 6 rings (SSSR count). The van der Waals surface area contributed by atoms with Gasteiger partial charge in [-0.05, 0) is 56.2 Å². The summed E-state index contributed by atoms with van der Waals surface area (Å²) in [6.45, 7) is 0.775. The highest BCUT2D eigenvalue weighted by atomic mass is 16.6. The second-order valence-corrected chi connectivity index (χ2v) is 10.2. The maximum Gasteiger partial charge on any atom is 0.405 e. The van der Waals surface area contributed by atoms with E-state index in [9.17, 15) is 4.79 Å². The lowest BCUT2D eigenvalue weighted by Crippen LogP contribution is -2.36. The Labute approximate surface area is 222 Å². The van der Waals surface area contributed by atoms with Crippen molar-refractivity contribution in [2.24, 2.45) is 10.7 Å². The molecule has 1 aromatic heterocycles. The third kappa shape index (κ3) is 5.07. The topological polar surface area (TPSA) is 91.7 Å². The molecule has 2 aliphatic rings. The van der Waals surface area contributed by atoms with Crippen LogP contribution in [0, 0.1) is 0 Å². The molecule has 3 aromatic carbocycles. The van der Waals surface area contributed by atoms with Gasteiger partial charge in [0.25, 0.3) is 0 Å². The van der Waals surface area contributed by atoms with Gasteiger partial charge in [-0.1, -0.05) is 66.7 Å². The van der Waals surface area contributed by atoms with Gasteiger partial charge >= 0.3 is 6.09 Å². The van der Waals surface area contributed by atoms with Crippen LogP contribution in [0.1, 0.15) is 55.0 Å². The number of aliphatic imine (C=N–C) groups is 1. The van der Waals surface area contributed by atoms with Crippen LogP contribution in [-0.4, -0.2) is 39.8 Å². The Hall–Kier alpha value is -3.97. The van der Waals surface area contributed by atoms with Crippen molar-refractivity contribution in [3.63, 3.8) is 0 Å². The smallest absolute Gasteiger partial charge is 0.405 e. The van der Waals surface area contributed by atoms with Crippen LogP contribution in [0.25, 0.3) is 10.9 Å². The lowest BCUT2D eigenvalue weighted by atomic mass is 9.96. The number of hydrogen-bond donors (Lipinski definition) is 1. The van der Waals surface area contributed by atoms with Crippen LogP contribution in [-0.2, 0) is 15.9 Å². The molecular formula is C31H32N4O3. The molecule has 1 aliphatic heterocycles. The molecule has 2 fully saturated rings. The fourth-order valence-corrected chi connectivity index (χ4v) is 5.44. The fourth-order valence-electron chi connectivity index (χ4n) is 5.44. The second kappa shape index (κ2) is 10.4. The SMILES string of the molecule is NC(=O)OC1(C(Cc2ccc3c(cnn3C3CCCCO3)c2)N=C(c2ccccc2)c2ccccc2)CC1. The number of primary amides is 1. The van der Waals surface area contributed by atoms with Crippen LogP contribution in [0.4, 0.5) is 4.79 Å². The fraction of sp³-hybridized carbons (Fsp3) is 0.323. The molecule has 1 amide bonds. The maximum atomic E-state index is 11.9. The number of benzene rings is 3. The predicted molar refractivity (Wildman–Crippen MR) is 147 cm³/mol. The number of nitrogens with zero attached hydrogens (tertiary/aromatic N) is 3. The molecule has 2 heterocycles. The first kappa shape index (κ1) is 24.4. The zero-order valence-corrected chi connectivity index (χ0v) is 21.3. The quantitative estimate of drug-likeness (QED) is 0.304. The summed E-state index contributed by atoms with van der Waals surface area (Å²) in [6, 6.07) is 26.4. The molecule has 1 saturated carbocycles. The first-order chi connectivity index (χ1) is 18.6. The summed E-state index contributed by atoms with van der Waals surface area (Å²) < 4.78 is 13.7. The largest absolute Gasteiger partial charge is 0.441 e. The van der Waals surface area contributed by atoms with Gasteiger partial charge in [0.1, 0.15) is 5.60 Å². The van der Waals surface area contributed by atoms with E-state index in [0.717, 1.165) is 72.0 Å². The molecule has 1 aliphatic carbocycles. The van der Waals surface area contributed by atoms with E-state index in [1.165, 1.54) is 0 Å². The van der Waals surface area contributed by atoms with Crippen molar-refractivity contribution in [3.8, 4) is 0 Å². The molecule has 7 heteroatoms. The van der Waals surface area contributed by atoms with Crippen LogP contribution >= 0.6 is 0 Å². The Balaban J connectivity index is 1.37. The first-order valence-electron chi connectivity index (χ1n) is 13.4. The van der Waals surface area contributed by atoms with E-state index in [1.807, 2.05) is 47.3 Å². The predicted octanol–water partition coefficient (Wildman–Crippen LogP) is 5.81. The lowest BCUT2D eigenvalue weighted by molar-refractivity contribution is -0.0366. The molecule has 0 radical (unpaired) electrons. The van der Waals surface area contributed by atoms with Crippen molar-refractivity contribution in [1.82, 2.24) is 9.78 Å². The molecule has 2 unspecified atom stereocenters. The van der Waals surface area contributed by atoms with Crippen LogP contribution in [0.5, 0.6) is 0 Å². The monoisotopic (exact) mass is 508 g/mol. The minimum atomic E-state index is -0.757. The molecule has 7 nitrogen and oxygen atoms in total. The van der Waals surface area contributed by atoms with Crippen LogP contribution in [0.2, 0.25) is 0 Å². The van der Waals surface area contributed by atoms with Crippen molar-refractivity contribution >= 4 is 22.7 Å². The van der Waals surface area contributed by atoms with Gasteiger partial charge in [0.05, 0.1) is 23.5 Å². The summed E-state index contributed by atoms with van der Waals surface area (Å²) in [6.07, 6.45) is 6.44. The van der Waals surface area contributed by atoms with Gasteiger partial charge in [-0.15, -0.1) is 0 Å². The number of hydrogen-bond acceptors (Lipinski definition) is 5. The summed E-state index contributed by atoms with van der Waals surface area (Å²) in [7, 11) is 0. The third-order valence-electron chi connectivity index (χ3n) is 7.55. The molecule has 1 saturated heterocycles. The molecule has 4 aromatic rings. The highest BCUT2D eigenvalue weighted by Crippen LogP contribution is 2.46. The lowest BCUT2D eigenvalue weighted by Gasteiger charge is -2.25. The Kier molecular flexibility index (Phi) is 6.68. The van der Waals surface area contributed by atoms with Crippen LogP contribution in [0.15, 0.2) is 90.1 Å². The van der Waals surface area contributed by atoms with Crippen molar-refractivity contribution in [3.05, 3.63) is 102 Å². The highest BCUT2D eigenvalue weighted by molar-refractivity contribution is 6.13. The van der Waals surface area contributed by atoms with Gasteiger partial charge in [-0.2, -0.15) is 5.10 Å². The van der Waals surface area contributed by atoms with Gasteiger partial charge < -0.3 is 15.2 Å². The van der Waals surface area contributed by atoms with Gasteiger partial charge in [0.2, 0.25) is 0 Å². The number of amides is 1. The van der Waals surface area contributed by atoms with Gasteiger partial charge in [0.15, 0.2) is 6.23 Å². The molecule has 0 spiro atoms. The number of nitrogens with two attached hydrogens (primary N) is 1. The minimum Gasteiger partial charge on any atom is -0.441 e. The van der Waals surface area contributed by atoms with Gasteiger partial charge in [-0.3, -0.25) is 4.99 Å². The Morgan fingerprint density at radius 1 is 1.05 bits per heavy atom. The average Bonchev–Trinajstić information content (AvgIpc) is 3.60. The third-order valence-corrected chi connectivity index (χ3v) is 7.55. The van der Waals surface area contributed by atoms with E-state index in [-0.39, 0.29) is 12.3 Å². The maximum absolute atomic E-state index is 11.9. The normalized spacial score (nSPS) is 19.0. The van der Waals surface area contributed by atoms with Crippen molar-refractivity contribution in [2.45, 2.75) is 56.4 Å². The van der Waals surface area contributed by atoms with Crippen molar-refractivity contribution in [2.75, 3.05) is 6.61 Å². The van der Waals surface area contributed by atoms with E-state index < -0.39 is 11.7 Å². The zero-order chi connectivity index (χ0) is 26.0. The van der Waals surface area contributed by atoms with Crippen molar-refractivity contribution in [1.29, 1.82) is 0 Å². The summed E-state index contributed by atoms with van der Waals surface area (Å²) in [5.41, 5.74) is 9.89. The number of ether oxygens (including phenoxy) is 2.